The third kappa shape index (κ3) is 2.55. The smallest absolute Gasteiger partial charge is 0.0652 e. The third-order valence-electron chi connectivity index (χ3n) is 3.07. The second-order valence-corrected chi connectivity index (χ2v) is 5.18. The van der Waals surface area contributed by atoms with Crippen LogP contribution < -0.4 is 5.32 Å². The SMILES string of the molecule is Clc1ccc(NCc2cccc3cc[nH]c23)c(Cl)c1. The largest absolute Gasteiger partial charge is 0.380 e. The highest BCUT2D eigenvalue weighted by atomic mass is 35.5. The van der Waals surface area contributed by atoms with Gasteiger partial charge in [0.25, 0.3) is 0 Å². The Bertz CT molecular complexity index is 719. The quantitative estimate of drug-likeness (QED) is 0.691. The number of H-pyrrole nitrogens is 1. The van der Waals surface area contributed by atoms with Crippen LogP contribution in [0.4, 0.5) is 5.69 Å². The average molecular weight is 291 g/mol. The van der Waals surface area contributed by atoms with E-state index in [-0.39, 0.29) is 0 Å². The lowest BCUT2D eigenvalue weighted by Gasteiger charge is -2.09. The highest BCUT2D eigenvalue weighted by molar-refractivity contribution is 6.36. The molecule has 0 fully saturated rings. The zero-order valence-corrected chi connectivity index (χ0v) is 11.6. The first-order valence-corrected chi connectivity index (χ1v) is 6.73. The number of benzene rings is 2. The van der Waals surface area contributed by atoms with Crippen molar-refractivity contribution < 1.29 is 0 Å². The normalized spacial score (nSPS) is 10.8. The summed E-state index contributed by atoms with van der Waals surface area (Å²) in [5.41, 5.74) is 3.24. The number of aromatic amines is 1. The number of aromatic nitrogens is 1. The lowest BCUT2D eigenvalue weighted by Crippen LogP contribution is -2.00. The maximum Gasteiger partial charge on any atom is 0.0652 e. The second kappa shape index (κ2) is 5.16. The van der Waals surface area contributed by atoms with Gasteiger partial charge in [-0.3, -0.25) is 0 Å². The molecule has 0 saturated carbocycles. The number of halogens is 2. The van der Waals surface area contributed by atoms with Crippen LogP contribution in [0.2, 0.25) is 10.0 Å². The van der Waals surface area contributed by atoms with Crippen molar-refractivity contribution in [1.29, 1.82) is 0 Å². The lowest BCUT2D eigenvalue weighted by atomic mass is 10.1. The van der Waals surface area contributed by atoms with Crippen molar-refractivity contribution >= 4 is 39.8 Å². The Morgan fingerprint density at radius 2 is 1.95 bits per heavy atom. The molecular weight excluding hydrogens is 279 g/mol. The number of para-hydroxylation sites is 1. The number of fused-ring (bicyclic) bond motifs is 1. The van der Waals surface area contributed by atoms with Crippen LogP contribution in [-0.4, -0.2) is 4.98 Å². The Balaban J connectivity index is 1.84. The molecule has 0 spiro atoms. The van der Waals surface area contributed by atoms with Crippen LogP contribution >= 0.6 is 23.2 Å². The molecule has 3 rings (SSSR count). The van der Waals surface area contributed by atoms with Gasteiger partial charge in [-0.2, -0.15) is 0 Å². The van der Waals surface area contributed by atoms with E-state index in [1.54, 1.807) is 6.07 Å². The fraction of sp³-hybridized carbons (Fsp3) is 0.0667. The first kappa shape index (κ1) is 12.4. The molecule has 19 heavy (non-hydrogen) atoms. The number of rotatable bonds is 3. The van der Waals surface area contributed by atoms with Gasteiger partial charge >= 0.3 is 0 Å². The van der Waals surface area contributed by atoms with E-state index in [1.807, 2.05) is 18.3 Å². The van der Waals surface area contributed by atoms with E-state index in [0.717, 1.165) is 11.2 Å². The van der Waals surface area contributed by atoms with E-state index in [4.69, 9.17) is 23.2 Å². The summed E-state index contributed by atoms with van der Waals surface area (Å²) in [6.07, 6.45) is 1.95. The van der Waals surface area contributed by atoms with E-state index in [9.17, 15) is 0 Å². The molecule has 0 aliphatic rings. The molecule has 1 heterocycles. The summed E-state index contributed by atoms with van der Waals surface area (Å²) in [7, 11) is 0. The molecule has 0 aliphatic carbocycles. The number of anilines is 1. The molecule has 0 unspecified atom stereocenters. The van der Waals surface area contributed by atoms with Gasteiger partial charge in [0.05, 0.1) is 16.2 Å². The first-order valence-electron chi connectivity index (χ1n) is 5.98. The van der Waals surface area contributed by atoms with E-state index in [2.05, 4.69) is 34.6 Å². The Morgan fingerprint density at radius 3 is 2.79 bits per heavy atom. The van der Waals surface area contributed by atoms with Gasteiger partial charge in [0.15, 0.2) is 0 Å². The predicted octanol–water partition coefficient (Wildman–Crippen LogP) is 5.09. The Labute approximate surface area is 121 Å². The second-order valence-electron chi connectivity index (χ2n) is 4.34. The third-order valence-corrected chi connectivity index (χ3v) is 3.62. The number of hydrogen-bond acceptors (Lipinski definition) is 1. The van der Waals surface area contributed by atoms with E-state index in [0.29, 0.717) is 16.6 Å². The van der Waals surface area contributed by atoms with Crippen molar-refractivity contribution in [3.05, 3.63) is 64.3 Å². The Kier molecular flexibility index (Phi) is 3.36. The molecule has 0 aliphatic heterocycles. The van der Waals surface area contributed by atoms with Crippen LogP contribution in [0.15, 0.2) is 48.7 Å². The van der Waals surface area contributed by atoms with Crippen LogP contribution in [0.5, 0.6) is 0 Å². The monoisotopic (exact) mass is 290 g/mol. The van der Waals surface area contributed by atoms with Crippen LogP contribution in [0.25, 0.3) is 10.9 Å². The Morgan fingerprint density at radius 1 is 1.05 bits per heavy atom. The van der Waals surface area contributed by atoms with Gasteiger partial charge in [0.2, 0.25) is 0 Å². The molecule has 96 valence electrons. The maximum absolute atomic E-state index is 6.14. The number of hydrogen-bond donors (Lipinski definition) is 2. The topological polar surface area (TPSA) is 27.8 Å². The summed E-state index contributed by atoms with van der Waals surface area (Å²) < 4.78 is 0. The van der Waals surface area contributed by atoms with Gasteiger partial charge in [-0.25, -0.2) is 0 Å². The van der Waals surface area contributed by atoms with Gasteiger partial charge in [0.1, 0.15) is 0 Å². The van der Waals surface area contributed by atoms with Crippen molar-refractivity contribution in [2.45, 2.75) is 6.54 Å². The Hall–Kier alpha value is -1.64. The minimum Gasteiger partial charge on any atom is -0.380 e. The van der Waals surface area contributed by atoms with Crippen molar-refractivity contribution in [2.75, 3.05) is 5.32 Å². The molecule has 0 amide bonds. The fourth-order valence-electron chi connectivity index (χ4n) is 2.12. The van der Waals surface area contributed by atoms with E-state index < -0.39 is 0 Å². The molecule has 0 atom stereocenters. The summed E-state index contributed by atoms with van der Waals surface area (Å²) in [5.74, 6) is 0. The van der Waals surface area contributed by atoms with Crippen LogP contribution in [0, 0.1) is 0 Å². The first-order chi connectivity index (χ1) is 9.24. The van der Waals surface area contributed by atoms with Crippen molar-refractivity contribution in [2.24, 2.45) is 0 Å². The standard InChI is InChI=1S/C15H12Cl2N2/c16-12-4-5-14(13(17)8-12)19-9-11-3-1-2-10-6-7-18-15(10)11/h1-8,18-19H,9H2. The molecule has 3 aromatic rings. The molecule has 0 bridgehead atoms. The molecule has 0 saturated heterocycles. The maximum atomic E-state index is 6.14. The fourth-order valence-corrected chi connectivity index (χ4v) is 2.60. The highest BCUT2D eigenvalue weighted by Gasteiger charge is 2.04. The molecule has 2 nitrogen and oxygen atoms in total. The summed E-state index contributed by atoms with van der Waals surface area (Å²) in [5, 5.41) is 5.81. The predicted molar refractivity (Wildman–Crippen MR) is 82.1 cm³/mol. The van der Waals surface area contributed by atoms with Crippen LogP contribution in [0.1, 0.15) is 5.56 Å². The summed E-state index contributed by atoms with van der Waals surface area (Å²) in [6, 6.07) is 13.7. The average Bonchev–Trinajstić information content (AvgIpc) is 2.86. The minimum atomic E-state index is 0.631. The van der Waals surface area contributed by atoms with Gasteiger partial charge in [-0.05, 0) is 35.2 Å². The van der Waals surface area contributed by atoms with Crippen molar-refractivity contribution in [3.63, 3.8) is 0 Å². The van der Waals surface area contributed by atoms with Gasteiger partial charge in [-0.1, -0.05) is 41.4 Å². The zero-order valence-electron chi connectivity index (χ0n) is 10.1. The van der Waals surface area contributed by atoms with Crippen molar-refractivity contribution in [3.8, 4) is 0 Å². The zero-order chi connectivity index (χ0) is 13.2. The van der Waals surface area contributed by atoms with Gasteiger partial charge < -0.3 is 10.3 Å². The molecule has 1 aromatic heterocycles. The van der Waals surface area contributed by atoms with Crippen molar-refractivity contribution in [1.82, 2.24) is 4.98 Å². The minimum absolute atomic E-state index is 0.631. The lowest BCUT2D eigenvalue weighted by molar-refractivity contribution is 1.16. The summed E-state index contributed by atoms with van der Waals surface area (Å²) in [6.45, 7) is 0.708. The summed E-state index contributed by atoms with van der Waals surface area (Å²) in [4.78, 5) is 3.25. The van der Waals surface area contributed by atoms with Gasteiger partial charge in [0, 0.05) is 17.8 Å². The highest BCUT2D eigenvalue weighted by Crippen LogP contribution is 2.26. The van der Waals surface area contributed by atoms with E-state index >= 15 is 0 Å². The molecule has 4 heteroatoms. The summed E-state index contributed by atoms with van der Waals surface area (Å²) >= 11 is 12.0. The van der Waals surface area contributed by atoms with Crippen LogP contribution in [-0.2, 0) is 6.54 Å². The molecule has 2 N–H and O–H groups in total. The molecule has 0 radical (unpaired) electrons. The van der Waals surface area contributed by atoms with Crippen LogP contribution in [0.3, 0.4) is 0 Å². The molecular formula is C15H12Cl2N2. The number of nitrogens with one attached hydrogen (secondary N) is 2. The van der Waals surface area contributed by atoms with E-state index in [1.165, 1.54) is 10.9 Å². The van der Waals surface area contributed by atoms with Gasteiger partial charge in [-0.15, -0.1) is 0 Å². The molecule has 2 aromatic carbocycles.